The van der Waals surface area contributed by atoms with Crippen molar-refractivity contribution in [2.24, 2.45) is 0 Å². The molecule has 1 heterocycles. The molecule has 0 amide bonds. The van der Waals surface area contributed by atoms with Gasteiger partial charge in [0, 0.05) is 5.69 Å². The topological polar surface area (TPSA) is 48.1 Å². The zero-order chi connectivity index (χ0) is 12.5. The number of para-hydroxylation sites is 1. The van der Waals surface area contributed by atoms with E-state index in [0.717, 1.165) is 26.1 Å². The van der Waals surface area contributed by atoms with Crippen LogP contribution in [0.25, 0.3) is 10.2 Å². The van der Waals surface area contributed by atoms with Gasteiger partial charge in [0.25, 0.3) is 5.19 Å². The first kappa shape index (κ1) is 11.5. The van der Waals surface area contributed by atoms with Crippen LogP contribution < -0.4 is 10.5 Å². The predicted octanol–water partition coefficient (Wildman–Crippen LogP) is 4.43. The number of ether oxygens (including phenoxy) is 1. The van der Waals surface area contributed by atoms with E-state index in [1.165, 1.54) is 11.3 Å². The lowest BCUT2D eigenvalue weighted by Crippen LogP contribution is -1.83. The highest BCUT2D eigenvalue weighted by molar-refractivity contribution is 9.10. The van der Waals surface area contributed by atoms with E-state index < -0.39 is 0 Å². The third-order valence-corrected chi connectivity index (χ3v) is 3.98. The first-order valence-electron chi connectivity index (χ1n) is 5.31. The smallest absolute Gasteiger partial charge is 0.279 e. The maximum absolute atomic E-state index is 5.75. The Labute approximate surface area is 116 Å². The number of hydrogen-bond donors (Lipinski definition) is 1. The van der Waals surface area contributed by atoms with E-state index in [4.69, 9.17) is 10.5 Å². The first-order valence-corrected chi connectivity index (χ1v) is 6.92. The molecule has 0 aliphatic rings. The summed E-state index contributed by atoms with van der Waals surface area (Å²) >= 11 is 4.92. The lowest BCUT2D eigenvalue weighted by Gasteiger charge is -2.02. The molecular weight excluding hydrogens is 312 g/mol. The summed E-state index contributed by atoms with van der Waals surface area (Å²) in [7, 11) is 0. The molecule has 0 unspecified atom stereocenters. The Kier molecular flexibility index (Phi) is 2.93. The third kappa shape index (κ3) is 2.19. The highest BCUT2D eigenvalue weighted by Crippen LogP contribution is 2.34. The van der Waals surface area contributed by atoms with Crippen molar-refractivity contribution in [1.82, 2.24) is 4.98 Å². The first-order chi connectivity index (χ1) is 8.72. The standard InChI is InChI=1S/C13H9BrN2OS/c14-9-3-1-2-4-11(9)17-13-16-10-6-5-8(15)7-12(10)18-13/h1-7H,15H2. The minimum Gasteiger partial charge on any atom is -0.430 e. The Morgan fingerprint density at radius 3 is 2.83 bits per heavy atom. The molecule has 5 heteroatoms. The van der Waals surface area contributed by atoms with Gasteiger partial charge in [0.05, 0.1) is 14.7 Å². The van der Waals surface area contributed by atoms with Gasteiger partial charge < -0.3 is 10.5 Å². The molecule has 0 aliphatic heterocycles. The van der Waals surface area contributed by atoms with E-state index in [9.17, 15) is 0 Å². The minimum absolute atomic E-state index is 0.613. The SMILES string of the molecule is Nc1ccc2nc(Oc3ccccc3Br)sc2c1. The quantitative estimate of drug-likeness (QED) is 0.710. The van der Waals surface area contributed by atoms with Gasteiger partial charge in [-0.15, -0.1) is 0 Å². The Morgan fingerprint density at radius 2 is 2.00 bits per heavy atom. The van der Waals surface area contributed by atoms with E-state index in [-0.39, 0.29) is 0 Å². The largest absolute Gasteiger partial charge is 0.430 e. The van der Waals surface area contributed by atoms with Gasteiger partial charge in [-0.3, -0.25) is 0 Å². The fourth-order valence-corrected chi connectivity index (χ4v) is 2.83. The van der Waals surface area contributed by atoms with E-state index in [1.807, 2.05) is 42.5 Å². The second kappa shape index (κ2) is 4.59. The molecule has 2 N–H and O–H groups in total. The number of aromatic nitrogens is 1. The van der Waals surface area contributed by atoms with Crippen LogP contribution in [0, 0.1) is 0 Å². The molecule has 0 spiro atoms. The van der Waals surface area contributed by atoms with Gasteiger partial charge in [-0.2, -0.15) is 0 Å². The molecule has 0 radical (unpaired) electrons. The fraction of sp³-hybridized carbons (Fsp3) is 0. The summed E-state index contributed by atoms with van der Waals surface area (Å²) < 4.78 is 7.69. The summed E-state index contributed by atoms with van der Waals surface area (Å²) in [5, 5.41) is 0.613. The van der Waals surface area contributed by atoms with Gasteiger partial charge in [-0.05, 0) is 46.3 Å². The van der Waals surface area contributed by atoms with Crippen LogP contribution in [0.4, 0.5) is 5.69 Å². The predicted molar refractivity (Wildman–Crippen MR) is 78.2 cm³/mol. The van der Waals surface area contributed by atoms with Gasteiger partial charge in [-0.25, -0.2) is 4.98 Å². The summed E-state index contributed by atoms with van der Waals surface area (Å²) in [5.41, 5.74) is 7.37. The zero-order valence-electron chi connectivity index (χ0n) is 9.26. The highest BCUT2D eigenvalue weighted by Gasteiger charge is 2.07. The van der Waals surface area contributed by atoms with Crippen LogP contribution in [0.5, 0.6) is 10.9 Å². The number of halogens is 1. The number of nitrogens with zero attached hydrogens (tertiary/aromatic N) is 1. The number of nitrogens with two attached hydrogens (primary N) is 1. The van der Waals surface area contributed by atoms with Crippen LogP contribution in [-0.2, 0) is 0 Å². The van der Waals surface area contributed by atoms with Crippen molar-refractivity contribution < 1.29 is 4.74 Å². The monoisotopic (exact) mass is 320 g/mol. The molecular formula is C13H9BrN2OS. The lowest BCUT2D eigenvalue weighted by molar-refractivity contribution is 0.477. The summed E-state index contributed by atoms with van der Waals surface area (Å²) in [4.78, 5) is 4.41. The van der Waals surface area contributed by atoms with Crippen LogP contribution in [0.15, 0.2) is 46.9 Å². The molecule has 3 aromatic rings. The maximum Gasteiger partial charge on any atom is 0.279 e. The Balaban J connectivity index is 1.98. The molecule has 2 aromatic carbocycles. The highest BCUT2D eigenvalue weighted by atomic mass is 79.9. The number of anilines is 1. The summed E-state index contributed by atoms with van der Waals surface area (Å²) in [6.45, 7) is 0. The minimum atomic E-state index is 0.613. The van der Waals surface area contributed by atoms with Gasteiger partial charge >= 0.3 is 0 Å². The number of thiazole rings is 1. The number of hydrogen-bond acceptors (Lipinski definition) is 4. The second-order valence-electron chi connectivity index (χ2n) is 3.74. The molecule has 0 saturated carbocycles. The fourth-order valence-electron chi connectivity index (χ4n) is 1.59. The van der Waals surface area contributed by atoms with E-state index in [2.05, 4.69) is 20.9 Å². The van der Waals surface area contributed by atoms with Gasteiger partial charge in [-0.1, -0.05) is 23.5 Å². The Hall–Kier alpha value is -1.59. The van der Waals surface area contributed by atoms with Crippen LogP contribution in [0.1, 0.15) is 0 Å². The Morgan fingerprint density at radius 1 is 1.17 bits per heavy atom. The zero-order valence-corrected chi connectivity index (χ0v) is 11.7. The van der Waals surface area contributed by atoms with Crippen molar-refractivity contribution in [3.8, 4) is 10.9 Å². The normalized spacial score (nSPS) is 10.7. The number of nitrogen functional groups attached to an aromatic ring is 1. The lowest BCUT2D eigenvalue weighted by atomic mass is 10.3. The van der Waals surface area contributed by atoms with Gasteiger partial charge in [0.2, 0.25) is 0 Å². The van der Waals surface area contributed by atoms with Crippen LogP contribution in [0.2, 0.25) is 0 Å². The summed E-state index contributed by atoms with van der Waals surface area (Å²) in [5.74, 6) is 0.754. The van der Waals surface area contributed by atoms with Crippen molar-refractivity contribution in [2.45, 2.75) is 0 Å². The molecule has 0 saturated heterocycles. The number of benzene rings is 2. The van der Waals surface area contributed by atoms with Crippen molar-refractivity contribution in [1.29, 1.82) is 0 Å². The molecule has 1 aromatic heterocycles. The van der Waals surface area contributed by atoms with Crippen LogP contribution in [0.3, 0.4) is 0 Å². The molecule has 0 atom stereocenters. The summed E-state index contributed by atoms with van der Waals surface area (Å²) in [6.07, 6.45) is 0. The van der Waals surface area contributed by atoms with Gasteiger partial charge in [0.1, 0.15) is 5.75 Å². The Bertz CT molecular complexity index is 711. The van der Waals surface area contributed by atoms with Crippen molar-refractivity contribution >= 4 is 43.2 Å². The van der Waals surface area contributed by atoms with E-state index >= 15 is 0 Å². The van der Waals surface area contributed by atoms with Crippen molar-refractivity contribution in [3.05, 3.63) is 46.9 Å². The number of rotatable bonds is 2. The van der Waals surface area contributed by atoms with Crippen LogP contribution in [-0.4, -0.2) is 4.98 Å². The number of fused-ring (bicyclic) bond motifs is 1. The molecule has 0 aliphatic carbocycles. The molecule has 3 nitrogen and oxygen atoms in total. The maximum atomic E-state index is 5.75. The van der Waals surface area contributed by atoms with Gasteiger partial charge in [0.15, 0.2) is 0 Å². The average Bonchev–Trinajstić information content (AvgIpc) is 2.73. The van der Waals surface area contributed by atoms with Crippen LogP contribution >= 0.6 is 27.3 Å². The van der Waals surface area contributed by atoms with E-state index in [0.29, 0.717) is 5.19 Å². The molecule has 18 heavy (non-hydrogen) atoms. The van der Waals surface area contributed by atoms with E-state index in [1.54, 1.807) is 0 Å². The average molecular weight is 321 g/mol. The van der Waals surface area contributed by atoms with Crippen molar-refractivity contribution in [2.75, 3.05) is 5.73 Å². The molecule has 3 rings (SSSR count). The molecule has 0 bridgehead atoms. The third-order valence-electron chi connectivity index (χ3n) is 2.43. The van der Waals surface area contributed by atoms with Crippen molar-refractivity contribution in [3.63, 3.8) is 0 Å². The second-order valence-corrected chi connectivity index (χ2v) is 5.59. The summed E-state index contributed by atoms with van der Waals surface area (Å²) in [6, 6.07) is 13.3. The molecule has 0 fully saturated rings. The molecule has 90 valence electrons.